The summed E-state index contributed by atoms with van der Waals surface area (Å²) < 4.78 is 41.7. The molecule has 0 saturated carbocycles. The number of ether oxygens (including phenoxy) is 1. The molecule has 0 aromatic carbocycles. The predicted octanol–water partition coefficient (Wildman–Crippen LogP) is -1.02. The molecule has 1 fully saturated rings. The summed E-state index contributed by atoms with van der Waals surface area (Å²) in [6, 6.07) is -0.266. The van der Waals surface area contributed by atoms with Crippen LogP contribution in [0, 0.1) is 0 Å². The molecule has 4 nitrogen and oxygen atoms in total. The summed E-state index contributed by atoms with van der Waals surface area (Å²) in [5, 5.41) is 2.59. The molecule has 0 aliphatic carbocycles. The molecule has 106 valence electrons. The Labute approximate surface area is 154 Å². The van der Waals surface area contributed by atoms with Crippen molar-refractivity contribution < 1.29 is 73.9 Å². The van der Waals surface area contributed by atoms with Crippen LogP contribution in [0.5, 0.6) is 0 Å². The zero-order valence-electron chi connectivity index (χ0n) is 11.9. The minimum atomic E-state index is -4.80. The number of nitrogens with zero attached hydrogens (tertiary/aromatic N) is 1. The van der Waals surface area contributed by atoms with E-state index in [1.54, 1.807) is 20.8 Å². The van der Waals surface area contributed by atoms with Gasteiger partial charge in [0.2, 0.25) is 0 Å². The molecule has 0 spiro atoms. The molecule has 1 N–H and O–H groups in total. The van der Waals surface area contributed by atoms with Crippen LogP contribution in [-0.4, -0.2) is 49.1 Å². The maximum atomic E-state index is 12.2. The van der Waals surface area contributed by atoms with Gasteiger partial charge in [-0.1, -0.05) is 0 Å². The van der Waals surface area contributed by atoms with Gasteiger partial charge in [-0.05, 0) is 40.2 Å². The number of hydrogen-bond acceptors (Lipinski definition) is 3. The molecule has 1 aliphatic heterocycles. The van der Waals surface area contributed by atoms with Gasteiger partial charge < -0.3 is 27.9 Å². The largest absolute Gasteiger partial charge is 1.00 e. The average Bonchev–Trinajstić information content (AvgIpc) is 2.44. The Kier molecular flexibility index (Phi) is 7.94. The number of rotatable bonds is 3. The van der Waals surface area contributed by atoms with Crippen LogP contribution in [-0.2, 0) is 4.74 Å². The number of likely N-dealkylation sites (tertiary alicyclic amines) is 1. The van der Waals surface area contributed by atoms with E-state index in [-0.39, 0.29) is 64.0 Å². The average molecular weight is 306 g/mol. The van der Waals surface area contributed by atoms with Gasteiger partial charge in [-0.15, -0.1) is 0 Å². The zero-order chi connectivity index (χ0) is 14.0. The second-order valence-corrected chi connectivity index (χ2v) is 5.60. The molecule has 1 heterocycles. The quantitative estimate of drug-likeness (QED) is 0.679. The van der Waals surface area contributed by atoms with Crippen molar-refractivity contribution in [2.45, 2.75) is 38.8 Å². The molecule has 0 aromatic heterocycles. The second kappa shape index (κ2) is 7.65. The first kappa shape index (κ1) is 19.7. The zero-order valence-corrected chi connectivity index (χ0v) is 15.0. The van der Waals surface area contributed by atoms with E-state index in [0.717, 1.165) is 0 Å². The van der Waals surface area contributed by atoms with Gasteiger partial charge in [0, 0.05) is 12.6 Å². The van der Waals surface area contributed by atoms with Crippen LogP contribution < -0.4 is 56.7 Å². The van der Waals surface area contributed by atoms with Gasteiger partial charge in [-0.2, -0.15) is 0 Å². The van der Waals surface area contributed by atoms with Crippen LogP contribution in [0.1, 0.15) is 27.2 Å². The fourth-order valence-electron chi connectivity index (χ4n) is 1.88. The van der Waals surface area contributed by atoms with E-state index < -0.39 is 25.1 Å². The van der Waals surface area contributed by atoms with Crippen molar-refractivity contribution in [2.75, 3.05) is 19.5 Å². The molecule has 0 unspecified atom stereocenters. The Morgan fingerprint density at radius 3 is 2.47 bits per heavy atom. The molecule has 1 amide bonds. The Morgan fingerprint density at radius 2 is 2.00 bits per heavy atom. The van der Waals surface area contributed by atoms with E-state index in [4.69, 9.17) is 4.74 Å². The third-order valence-corrected chi connectivity index (χ3v) is 2.46. The van der Waals surface area contributed by atoms with Crippen molar-refractivity contribution in [3.8, 4) is 0 Å². The van der Waals surface area contributed by atoms with Crippen LogP contribution in [0.15, 0.2) is 0 Å². The Hall–Kier alpha value is 0.721. The molecule has 0 aromatic rings. The first-order chi connectivity index (χ1) is 8.05. The number of amides is 1. The van der Waals surface area contributed by atoms with Gasteiger partial charge in [-0.25, -0.2) is 4.79 Å². The molecule has 1 saturated heterocycles. The molecule has 1 aliphatic rings. The molecule has 0 radical (unpaired) electrons. The summed E-state index contributed by atoms with van der Waals surface area (Å²) in [5.74, 6) is 0. The number of nitrogens with one attached hydrogen (secondary N) is 1. The third kappa shape index (κ3) is 9.30. The maximum Gasteiger partial charge on any atom is 1.00 e. The van der Waals surface area contributed by atoms with Gasteiger partial charge in [0.05, 0.1) is 0 Å². The van der Waals surface area contributed by atoms with E-state index in [0.29, 0.717) is 13.0 Å². The molecule has 9 heteroatoms. The summed E-state index contributed by atoms with van der Waals surface area (Å²) >= 11 is 0. The van der Waals surface area contributed by atoms with E-state index in [1.165, 1.54) is 4.90 Å². The predicted molar refractivity (Wildman–Crippen MR) is 63.3 cm³/mol. The number of carbonyl (C=O) groups excluding carboxylic acids is 1. The van der Waals surface area contributed by atoms with Crippen molar-refractivity contribution in [3.05, 3.63) is 0 Å². The monoisotopic (exact) mass is 306 g/mol. The molecule has 0 bridgehead atoms. The van der Waals surface area contributed by atoms with Crippen LogP contribution in [0.3, 0.4) is 0 Å². The van der Waals surface area contributed by atoms with Crippen LogP contribution in [0.25, 0.3) is 0 Å². The SMILES string of the molecule is CC(C)(C)OC(=O)N[C@H]1CCN(C[B-](F)(F)F)C1.[K+]. The molecular formula is C10H19BF3KN2O2. The molecule has 1 atom stereocenters. The minimum absolute atomic E-state index is 0. The first-order valence-corrected chi connectivity index (χ1v) is 5.98. The van der Waals surface area contributed by atoms with Gasteiger partial charge in [0.1, 0.15) is 5.60 Å². The van der Waals surface area contributed by atoms with Crippen molar-refractivity contribution >= 4 is 13.1 Å². The number of hydrogen-bond donors (Lipinski definition) is 1. The second-order valence-electron chi connectivity index (χ2n) is 5.60. The first-order valence-electron chi connectivity index (χ1n) is 5.98. The minimum Gasteiger partial charge on any atom is -0.448 e. The molecular weight excluding hydrogens is 287 g/mol. The van der Waals surface area contributed by atoms with Crippen molar-refractivity contribution in [1.29, 1.82) is 0 Å². The number of carbonyl (C=O) groups is 1. The Bertz CT molecular complexity index is 310. The van der Waals surface area contributed by atoms with Gasteiger partial charge >= 0.3 is 64.5 Å². The van der Waals surface area contributed by atoms with E-state index in [9.17, 15) is 17.7 Å². The summed E-state index contributed by atoms with van der Waals surface area (Å²) in [6.45, 7) is 0.976. The normalized spacial score (nSPS) is 20.8. The summed E-state index contributed by atoms with van der Waals surface area (Å²) in [6.07, 6.45) is -0.926. The van der Waals surface area contributed by atoms with Crippen molar-refractivity contribution in [2.24, 2.45) is 0 Å². The summed E-state index contributed by atoms with van der Waals surface area (Å²) in [4.78, 5) is 12.7. The standard InChI is InChI=1S/C10H19BF3N2O2.K/c1-10(2,3)18-9(17)15-8-4-5-16(6-8)7-11(12,13)14;/h8H,4-7H2,1-3H3,(H,15,17);/q-1;+1/t8-;/m0./s1. The van der Waals surface area contributed by atoms with Crippen molar-refractivity contribution in [3.63, 3.8) is 0 Å². The Morgan fingerprint density at radius 1 is 1.42 bits per heavy atom. The third-order valence-electron chi connectivity index (χ3n) is 2.46. The van der Waals surface area contributed by atoms with E-state index in [2.05, 4.69) is 5.32 Å². The molecule has 19 heavy (non-hydrogen) atoms. The van der Waals surface area contributed by atoms with Gasteiger partial charge in [0.25, 0.3) is 0 Å². The topological polar surface area (TPSA) is 41.6 Å². The Balaban J connectivity index is 0.00000324. The van der Waals surface area contributed by atoms with E-state index in [1.807, 2.05) is 0 Å². The van der Waals surface area contributed by atoms with Crippen molar-refractivity contribution in [1.82, 2.24) is 10.2 Å². The number of alkyl carbamates (subject to hydrolysis) is 1. The van der Waals surface area contributed by atoms with Crippen LogP contribution >= 0.6 is 0 Å². The summed E-state index contributed by atoms with van der Waals surface area (Å²) in [5.41, 5.74) is -0.600. The smallest absolute Gasteiger partial charge is 0.448 e. The van der Waals surface area contributed by atoms with Crippen LogP contribution in [0.4, 0.5) is 17.7 Å². The van der Waals surface area contributed by atoms with Crippen LogP contribution in [0.2, 0.25) is 0 Å². The number of halogens is 3. The fourth-order valence-corrected chi connectivity index (χ4v) is 1.88. The van der Waals surface area contributed by atoms with Gasteiger partial charge in [0.15, 0.2) is 0 Å². The maximum absolute atomic E-state index is 12.2. The summed E-state index contributed by atoms with van der Waals surface area (Å²) in [7, 11) is 0. The van der Waals surface area contributed by atoms with E-state index >= 15 is 0 Å². The molecule has 1 rings (SSSR count). The fraction of sp³-hybridized carbons (Fsp3) is 0.900. The van der Waals surface area contributed by atoms with Gasteiger partial charge in [-0.3, -0.25) is 0 Å².